The molecule has 2 heterocycles. The first-order valence-electron chi connectivity index (χ1n) is 6.84. The minimum Gasteiger partial charge on any atom is -0.311 e. The third kappa shape index (κ3) is 2.47. The van der Waals surface area contributed by atoms with Crippen molar-refractivity contribution in [3.63, 3.8) is 0 Å². The Labute approximate surface area is 133 Å². The Morgan fingerprint density at radius 2 is 1.75 bits per heavy atom. The van der Waals surface area contributed by atoms with E-state index < -0.39 is 0 Å². The maximum absolute atomic E-state index is 6.30. The Bertz CT molecular complexity index is 630. The summed E-state index contributed by atoms with van der Waals surface area (Å²) in [5.74, 6) is 0.849. The number of nitrogens with zero attached hydrogens (tertiary/aromatic N) is 3. The predicted molar refractivity (Wildman–Crippen MR) is 85.8 cm³/mol. The maximum atomic E-state index is 6.30. The summed E-state index contributed by atoms with van der Waals surface area (Å²) in [6, 6.07) is 3.69. The summed E-state index contributed by atoms with van der Waals surface area (Å²) in [4.78, 5) is 4.64. The zero-order valence-electron chi connectivity index (χ0n) is 11.2. The molecule has 0 bridgehead atoms. The third-order valence-corrected chi connectivity index (χ3v) is 4.59. The van der Waals surface area contributed by atoms with Crippen LogP contribution < -0.4 is 5.01 Å². The molecule has 2 aromatic rings. The van der Waals surface area contributed by atoms with Gasteiger partial charge in [0.15, 0.2) is 0 Å². The minimum atomic E-state index is -0.165. The number of imidazole rings is 1. The quantitative estimate of drug-likeness (QED) is 0.739. The number of rotatable bonds is 2. The predicted octanol–water partition coefficient (Wildman–Crippen LogP) is 4.76. The van der Waals surface area contributed by atoms with E-state index in [4.69, 9.17) is 34.8 Å². The van der Waals surface area contributed by atoms with Crippen molar-refractivity contribution in [3.05, 3.63) is 28.0 Å². The van der Waals surface area contributed by atoms with Crippen molar-refractivity contribution in [3.8, 4) is 0 Å². The van der Waals surface area contributed by atoms with Crippen molar-refractivity contribution in [2.45, 2.75) is 31.6 Å². The number of fused-ring (bicyclic) bond motifs is 1. The molecule has 1 saturated heterocycles. The maximum Gasteiger partial charge on any atom is 0.146 e. The first kappa shape index (κ1) is 14.3. The highest BCUT2D eigenvalue weighted by molar-refractivity contribution is 6.42. The van der Waals surface area contributed by atoms with Gasteiger partial charge in [-0.15, -0.1) is 11.6 Å². The van der Waals surface area contributed by atoms with Gasteiger partial charge >= 0.3 is 0 Å². The van der Waals surface area contributed by atoms with Crippen LogP contribution in [0.25, 0.3) is 11.0 Å². The molecule has 0 saturated carbocycles. The van der Waals surface area contributed by atoms with Gasteiger partial charge in [-0.1, -0.05) is 23.2 Å². The van der Waals surface area contributed by atoms with Gasteiger partial charge in [-0.25, -0.2) is 9.66 Å². The number of benzene rings is 1. The fraction of sp³-hybridized carbons (Fsp3) is 0.500. The van der Waals surface area contributed by atoms with E-state index in [-0.39, 0.29) is 5.38 Å². The van der Waals surface area contributed by atoms with Crippen LogP contribution >= 0.6 is 34.8 Å². The Balaban J connectivity index is 2.20. The molecule has 3 nitrogen and oxygen atoms in total. The lowest BCUT2D eigenvalue weighted by Gasteiger charge is -2.31. The Morgan fingerprint density at radius 3 is 2.40 bits per heavy atom. The zero-order chi connectivity index (χ0) is 14.3. The van der Waals surface area contributed by atoms with Crippen LogP contribution in [0.4, 0.5) is 0 Å². The first-order chi connectivity index (χ1) is 9.58. The minimum absolute atomic E-state index is 0.165. The summed E-state index contributed by atoms with van der Waals surface area (Å²) in [6.45, 7) is 3.97. The van der Waals surface area contributed by atoms with Crippen molar-refractivity contribution in [1.29, 1.82) is 0 Å². The molecule has 1 aromatic heterocycles. The molecule has 108 valence electrons. The Morgan fingerprint density at radius 1 is 1.10 bits per heavy atom. The largest absolute Gasteiger partial charge is 0.311 e. The fourth-order valence-electron chi connectivity index (χ4n) is 2.71. The summed E-state index contributed by atoms with van der Waals surface area (Å²) >= 11 is 18.6. The summed E-state index contributed by atoms with van der Waals surface area (Å²) < 4.78 is 2.12. The van der Waals surface area contributed by atoms with Crippen LogP contribution in [-0.4, -0.2) is 22.7 Å². The van der Waals surface area contributed by atoms with E-state index in [0.717, 1.165) is 29.9 Å². The second kappa shape index (κ2) is 5.63. The SMILES string of the molecule is CC(Cl)c1nc2cc(Cl)c(Cl)cc2n1N1CCCCC1. The lowest BCUT2D eigenvalue weighted by Crippen LogP contribution is -2.40. The molecule has 1 unspecified atom stereocenters. The molecule has 1 atom stereocenters. The smallest absolute Gasteiger partial charge is 0.146 e. The molecule has 1 aliphatic rings. The van der Waals surface area contributed by atoms with E-state index >= 15 is 0 Å². The number of alkyl halides is 1. The van der Waals surface area contributed by atoms with Gasteiger partial charge in [-0.3, -0.25) is 0 Å². The molecule has 6 heteroatoms. The van der Waals surface area contributed by atoms with Crippen LogP contribution in [0.5, 0.6) is 0 Å². The topological polar surface area (TPSA) is 21.1 Å². The lowest BCUT2D eigenvalue weighted by molar-refractivity contribution is 0.475. The van der Waals surface area contributed by atoms with Crippen molar-refractivity contribution in [2.75, 3.05) is 18.1 Å². The molecule has 0 N–H and O–H groups in total. The summed E-state index contributed by atoms with van der Waals surface area (Å²) in [5, 5.41) is 3.21. The van der Waals surface area contributed by atoms with Gasteiger partial charge in [0.25, 0.3) is 0 Å². The Hall–Kier alpha value is -0.640. The van der Waals surface area contributed by atoms with Gasteiger partial charge in [0, 0.05) is 13.1 Å². The van der Waals surface area contributed by atoms with Crippen molar-refractivity contribution in [2.24, 2.45) is 0 Å². The van der Waals surface area contributed by atoms with E-state index in [1.54, 1.807) is 0 Å². The number of piperidine rings is 1. The molecule has 1 aliphatic heterocycles. The number of halogens is 3. The van der Waals surface area contributed by atoms with Crippen LogP contribution in [0.15, 0.2) is 12.1 Å². The normalized spacial score (nSPS) is 17.7. The fourth-order valence-corrected chi connectivity index (χ4v) is 3.17. The first-order valence-corrected chi connectivity index (χ1v) is 8.04. The molecule has 1 fully saturated rings. The van der Waals surface area contributed by atoms with Gasteiger partial charge in [-0.2, -0.15) is 0 Å². The number of hydrogen-bond donors (Lipinski definition) is 0. The van der Waals surface area contributed by atoms with E-state index in [9.17, 15) is 0 Å². The highest BCUT2D eigenvalue weighted by atomic mass is 35.5. The monoisotopic (exact) mass is 331 g/mol. The van der Waals surface area contributed by atoms with Crippen LogP contribution in [0, 0.1) is 0 Å². The molecule has 0 radical (unpaired) electrons. The molecular formula is C14H16Cl3N3. The number of aromatic nitrogens is 2. The van der Waals surface area contributed by atoms with Gasteiger partial charge in [0.1, 0.15) is 5.82 Å². The standard InChI is InChI=1S/C14H16Cl3N3/c1-9(15)14-18-12-7-10(16)11(17)8-13(12)20(14)19-5-3-2-4-6-19/h7-9H,2-6H2,1H3. The third-order valence-electron chi connectivity index (χ3n) is 3.67. The van der Waals surface area contributed by atoms with Gasteiger partial charge < -0.3 is 5.01 Å². The molecule has 0 aliphatic carbocycles. The molecule has 20 heavy (non-hydrogen) atoms. The lowest BCUT2D eigenvalue weighted by atomic mass is 10.2. The van der Waals surface area contributed by atoms with Crippen molar-refractivity contribution < 1.29 is 0 Å². The highest BCUT2D eigenvalue weighted by Crippen LogP contribution is 2.31. The van der Waals surface area contributed by atoms with Crippen LogP contribution in [0.1, 0.15) is 37.4 Å². The summed E-state index contributed by atoms with van der Waals surface area (Å²) in [7, 11) is 0. The van der Waals surface area contributed by atoms with Crippen LogP contribution in [-0.2, 0) is 0 Å². The van der Waals surface area contributed by atoms with E-state index in [0.29, 0.717) is 10.0 Å². The van der Waals surface area contributed by atoms with Gasteiger partial charge in [0.2, 0.25) is 0 Å². The molecule has 0 amide bonds. The van der Waals surface area contributed by atoms with Gasteiger partial charge in [-0.05, 0) is 38.3 Å². The van der Waals surface area contributed by atoms with Crippen LogP contribution in [0.2, 0.25) is 10.0 Å². The van der Waals surface area contributed by atoms with E-state index in [1.807, 2.05) is 19.1 Å². The van der Waals surface area contributed by atoms with Gasteiger partial charge in [0.05, 0.1) is 26.5 Å². The average molecular weight is 333 g/mol. The summed E-state index contributed by atoms with van der Waals surface area (Å²) in [5.41, 5.74) is 1.82. The highest BCUT2D eigenvalue weighted by Gasteiger charge is 2.21. The van der Waals surface area contributed by atoms with E-state index in [2.05, 4.69) is 14.7 Å². The molecule has 1 aromatic carbocycles. The molecule has 3 rings (SSSR count). The van der Waals surface area contributed by atoms with Crippen molar-refractivity contribution >= 4 is 45.8 Å². The zero-order valence-corrected chi connectivity index (χ0v) is 13.5. The van der Waals surface area contributed by atoms with Crippen LogP contribution in [0.3, 0.4) is 0 Å². The molecular weight excluding hydrogens is 317 g/mol. The average Bonchev–Trinajstić information content (AvgIpc) is 2.79. The number of hydrogen-bond acceptors (Lipinski definition) is 2. The summed E-state index contributed by atoms with van der Waals surface area (Å²) in [6.07, 6.45) is 3.66. The van der Waals surface area contributed by atoms with Crippen molar-refractivity contribution in [1.82, 2.24) is 9.66 Å². The van der Waals surface area contributed by atoms with E-state index in [1.165, 1.54) is 19.3 Å². The second-order valence-electron chi connectivity index (χ2n) is 5.17. The molecule has 0 spiro atoms. The Kier molecular flexibility index (Phi) is 4.02. The second-order valence-corrected chi connectivity index (χ2v) is 6.64.